The van der Waals surface area contributed by atoms with Crippen molar-refractivity contribution in [3.8, 4) is 0 Å². The molecule has 0 aliphatic carbocycles. The second-order valence-corrected chi connectivity index (χ2v) is 6.05. The van der Waals surface area contributed by atoms with E-state index in [4.69, 9.17) is 0 Å². The Morgan fingerprint density at radius 3 is 2.86 bits per heavy atom. The van der Waals surface area contributed by atoms with Gasteiger partial charge in [-0.15, -0.1) is 11.3 Å². The molecule has 0 bridgehead atoms. The molecular formula is C14H22N6S. The Balaban J connectivity index is 1.90. The number of guanidine groups is 1. The first-order chi connectivity index (χ1) is 10.1. The van der Waals surface area contributed by atoms with Crippen LogP contribution in [-0.2, 0) is 26.6 Å². The van der Waals surface area contributed by atoms with Gasteiger partial charge < -0.3 is 10.2 Å². The van der Waals surface area contributed by atoms with Gasteiger partial charge in [0, 0.05) is 50.5 Å². The minimum Gasteiger partial charge on any atom is -0.350 e. The third-order valence-corrected chi connectivity index (χ3v) is 4.24. The normalized spacial score (nSPS) is 11.7. The topological polar surface area (TPSA) is 58.3 Å². The molecule has 0 saturated heterocycles. The summed E-state index contributed by atoms with van der Waals surface area (Å²) in [7, 11) is 5.73. The summed E-state index contributed by atoms with van der Waals surface area (Å²) in [6.07, 6.45) is 6.87. The molecule has 0 radical (unpaired) electrons. The first-order valence-corrected chi connectivity index (χ1v) is 7.77. The van der Waals surface area contributed by atoms with E-state index in [-0.39, 0.29) is 0 Å². The van der Waals surface area contributed by atoms with Gasteiger partial charge in [0.2, 0.25) is 0 Å². The van der Waals surface area contributed by atoms with E-state index in [9.17, 15) is 0 Å². The largest absolute Gasteiger partial charge is 0.350 e. The lowest BCUT2D eigenvalue weighted by Gasteiger charge is -2.21. The maximum atomic E-state index is 4.41. The average Bonchev–Trinajstić information content (AvgIpc) is 3.08. The highest BCUT2D eigenvalue weighted by Crippen LogP contribution is 2.13. The van der Waals surface area contributed by atoms with Crippen molar-refractivity contribution in [2.45, 2.75) is 26.4 Å². The fourth-order valence-corrected chi connectivity index (χ4v) is 2.84. The molecule has 2 heterocycles. The van der Waals surface area contributed by atoms with E-state index in [1.807, 2.05) is 32.7 Å². The van der Waals surface area contributed by atoms with Crippen LogP contribution in [0.2, 0.25) is 0 Å². The summed E-state index contributed by atoms with van der Waals surface area (Å²) < 4.78 is 1.81. The fraction of sp³-hybridized carbons (Fsp3) is 0.500. The Morgan fingerprint density at radius 1 is 1.48 bits per heavy atom. The molecule has 2 aromatic rings. The van der Waals surface area contributed by atoms with Gasteiger partial charge in [-0.1, -0.05) is 6.92 Å². The molecule has 1 N–H and O–H groups in total. The van der Waals surface area contributed by atoms with Gasteiger partial charge in [0.25, 0.3) is 0 Å². The highest BCUT2D eigenvalue weighted by atomic mass is 32.1. The molecule has 0 atom stereocenters. The van der Waals surface area contributed by atoms with Gasteiger partial charge in [-0.25, -0.2) is 4.98 Å². The van der Waals surface area contributed by atoms with E-state index in [0.29, 0.717) is 6.54 Å². The molecule has 2 aromatic heterocycles. The maximum absolute atomic E-state index is 4.41. The SMILES string of the molecule is CCc1cnc(CNC(=NC)N(C)Cc2cnn(C)c2)s1. The smallest absolute Gasteiger partial charge is 0.194 e. The lowest BCUT2D eigenvalue weighted by molar-refractivity contribution is 0.476. The van der Waals surface area contributed by atoms with Gasteiger partial charge >= 0.3 is 0 Å². The minimum atomic E-state index is 0.703. The lowest BCUT2D eigenvalue weighted by atomic mass is 10.3. The Bertz CT molecular complexity index is 600. The average molecular weight is 306 g/mol. The van der Waals surface area contributed by atoms with E-state index < -0.39 is 0 Å². The number of hydrogen-bond acceptors (Lipinski definition) is 4. The number of hydrogen-bond donors (Lipinski definition) is 1. The third-order valence-electron chi connectivity index (χ3n) is 3.10. The van der Waals surface area contributed by atoms with Gasteiger partial charge in [-0.2, -0.15) is 5.10 Å². The van der Waals surface area contributed by atoms with Crippen molar-refractivity contribution < 1.29 is 0 Å². The first kappa shape index (κ1) is 15.5. The van der Waals surface area contributed by atoms with Crippen LogP contribution in [0.25, 0.3) is 0 Å². The van der Waals surface area contributed by atoms with Crippen LogP contribution < -0.4 is 5.32 Å². The molecule has 2 rings (SSSR count). The number of aryl methyl sites for hydroxylation is 2. The molecule has 0 saturated carbocycles. The molecule has 0 aliphatic heterocycles. The quantitative estimate of drug-likeness (QED) is 0.674. The summed E-state index contributed by atoms with van der Waals surface area (Å²) in [6, 6.07) is 0. The summed E-state index contributed by atoms with van der Waals surface area (Å²) >= 11 is 1.74. The Morgan fingerprint density at radius 2 is 2.29 bits per heavy atom. The summed E-state index contributed by atoms with van der Waals surface area (Å²) in [4.78, 5) is 12.1. The van der Waals surface area contributed by atoms with Gasteiger partial charge in [-0.3, -0.25) is 9.67 Å². The number of nitrogens with one attached hydrogen (secondary N) is 1. The maximum Gasteiger partial charge on any atom is 0.194 e. The van der Waals surface area contributed by atoms with Crippen LogP contribution in [-0.4, -0.2) is 39.7 Å². The second kappa shape index (κ2) is 7.21. The van der Waals surface area contributed by atoms with Gasteiger partial charge in [0.15, 0.2) is 5.96 Å². The molecular weight excluding hydrogens is 284 g/mol. The van der Waals surface area contributed by atoms with Crippen LogP contribution in [0.15, 0.2) is 23.6 Å². The first-order valence-electron chi connectivity index (χ1n) is 6.95. The zero-order chi connectivity index (χ0) is 15.2. The van der Waals surface area contributed by atoms with Crippen molar-refractivity contribution in [2.75, 3.05) is 14.1 Å². The predicted molar refractivity (Wildman–Crippen MR) is 86.4 cm³/mol. The number of nitrogens with zero attached hydrogens (tertiary/aromatic N) is 5. The zero-order valence-electron chi connectivity index (χ0n) is 13.0. The van der Waals surface area contributed by atoms with Crippen molar-refractivity contribution >= 4 is 17.3 Å². The van der Waals surface area contributed by atoms with Gasteiger partial charge in [0.05, 0.1) is 12.7 Å². The highest BCUT2D eigenvalue weighted by molar-refractivity contribution is 7.11. The third kappa shape index (κ3) is 4.29. The van der Waals surface area contributed by atoms with Crippen molar-refractivity contribution in [2.24, 2.45) is 12.0 Å². The highest BCUT2D eigenvalue weighted by Gasteiger charge is 2.09. The zero-order valence-corrected chi connectivity index (χ0v) is 13.8. The van der Waals surface area contributed by atoms with Crippen molar-refractivity contribution in [1.29, 1.82) is 0 Å². The van der Waals surface area contributed by atoms with Gasteiger partial charge in [0.1, 0.15) is 5.01 Å². The van der Waals surface area contributed by atoms with Crippen molar-refractivity contribution in [3.63, 3.8) is 0 Å². The summed E-state index contributed by atoms with van der Waals surface area (Å²) in [6.45, 7) is 3.62. The van der Waals surface area contributed by atoms with E-state index in [0.717, 1.165) is 29.5 Å². The Labute approximate surface area is 129 Å². The summed E-state index contributed by atoms with van der Waals surface area (Å²) in [5.41, 5.74) is 1.16. The second-order valence-electron chi connectivity index (χ2n) is 4.85. The minimum absolute atomic E-state index is 0.703. The molecule has 0 aliphatic rings. The molecule has 21 heavy (non-hydrogen) atoms. The van der Waals surface area contributed by atoms with Crippen molar-refractivity contribution in [1.82, 2.24) is 25.0 Å². The van der Waals surface area contributed by atoms with Gasteiger partial charge in [-0.05, 0) is 6.42 Å². The van der Waals surface area contributed by atoms with Crippen molar-refractivity contribution in [3.05, 3.63) is 34.0 Å². The Hall–Kier alpha value is -1.89. The molecule has 114 valence electrons. The van der Waals surface area contributed by atoms with Crippen LogP contribution in [0.4, 0.5) is 0 Å². The molecule has 7 heteroatoms. The van der Waals surface area contributed by atoms with E-state index in [1.54, 1.807) is 23.1 Å². The molecule has 0 spiro atoms. The van der Waals surface area contributed by atoms with Crippen LogP contribution in [0.5, 0.6) is 0 Å². The molecule has 6 nitrogen and oxygen atoms in total. The summed E-state index contributed by atoms with van der Waals surface area (Å²) in [5, 5.41) is 8.61. The molecule has 0 amide bonds. The number of thiazole rings is 1. The van der Waals surface area contributed by atoms with E-state index in [2.05, 4.69) is 32.2 Å². The van der Waals surface area contributed by atoms with Crippen LogP contribution >= 0.6 is 11.3 Å². The number of aromatic nitrogens is 3. The van der Waals surface area contributed by atoms with E-state index in [1.165, 1.54) is 4.88 Å². The number of rotatable bonds is 5. The predicted octanol–water partition coefficient (Wildman–Crippen LogP) is 1.65. The lowest BCUT2D eigenvalue weighted by Crippen LogP contribution is -2.37. The van der Waals surface area contributed by atoms with Crippen LogP contribution in [0, 0.1) is 0 Å². The number of aliphatic imine (C=N–C) groups is 1. The monoisotopic (exact) mass is 306 g/mol. The standard InChI is InChI=1S/C14H22N6S/c1-5-12-7-16-13(21-12)8-17-14(15-2)19(3)9-11-6-18-20(4)10-11/h6-7,10H,5,8-9H2,1-4H3,(H,15,17). The van der Waals surface area contributed by atoms with Crippen LogP contribution in [0.1, 0.15) is 22.4 Å². The molecule has 0 fully saturated rings. The fourth-order valence-electron chi connectivity index (χ4n) is 2.03. The molecule has 0 aromatic carbocycles. The van der Waals surface area contributed by atoms with Crippen LogP contribution in [0.3, 0.4) is 0 Å². The Kier molecular flexibility index (Phi) is 5.32. The molecule has 0 unspecified atom stereocenters. The van der Waals surface area contributed by atoms with E-state index >= 15 is 0 Å². The summed E-state index contributed by atoms with van der Waals surface area (Å²) in [5.74, 6) is 0.854.